The summed E-state index contributed by atoms with van der Waals surface area (Å²) in [5, 5.41) is 11.1. The minimum atomic E-state index is -0.557. The molecule has 4 aromatic carbocycles. The Bertz CT molecular complexity index is 1310. The van der Waals surface area contributed by atoms with Gasteiger partial charge in [0.15, 0.2) is 0 Å². The molecule has 0 unspecified atom stereocenters. The summed E-state index contributed by atoms with van der Waals surface area (Å²) in [6.07, 6.45) is 2.08. The SMILES string of the molecule is CN1C(=Cc2ccc([N+](=O)[O-])cc2)N(C)C(c2ccccc2)(c2ccccc2)c2ccccc21. The highest BCUT2D eigenvalue weighted by molar-refractivity contribution is 5.72. The Morgan fingerprint density at radius 2 is 1.26 bits per heavy atom. The molecular weight excluding hydrogens is 422 g/mol. The first kappa shape index (κ1) is 21.5. The molecule has 1 heterocycles. The molecule has 5 rings (SSSR count). The molecule has 1 aliphatic rings. The molecule has 1 aliphatic heterocycles. The predicted octanol–water partition coefficient (Wildman–Crippen LogP) is 6.27. The molecule has 0 N–H and O–H groups in total. The summed E-state index contributed by atoms with van der Waals surface area (Å²) in [7, 11) is 4.18. The van der Waals surface area contributed by atoms with E-state index in [1.165, 1.54) is 16.7 Å². The van der Waals surface area contributed by atoms with Gasteiger partial charge in [-0.2, -0.15) is 0 Å². The van der Waals surface area contributed by atoms with Crippen molar-refractivity contribution in [2.75, 3.05) is 19.0 Å². The van der Waals surface area contributed by atoms with Crippen LogP contribution < -0.4 is 4.90 Å². The van der Waals surface area contributed by atoms with Crippen LogP contribution in [0.3, 0.4) is 0 Å². The Labute approximate surface area is 199 Å². The number of hydrogen-bond acceptors (Lipinski definition) is 4. The van der Waals surface area contributed by atoms with Gasteiger partial charge in [-0.1, -0.05) is 78.9 Å². The molecule has 168 valence electrons. The van der Waals surface area contributed by atoms with E-state index in [1.54, 1.807) is 24.3 Å². The summed E-state index contributed by atoms with van der Waals surface area (Å²) < 4.78 is 0. The maximum Gasteiger partial charge on any atom is 0.269 e. The van der Waals surface area contributed by atoms with Crippen LogP contribution in [0.2, 0.25) is 0 Å². The Kier molecular flexibility index (Phi) is 5.38. The zero-order valence-electron chi connectivity index (χ0n) is 19.1. The van der Waals surface area contributed by atoms with Crippen LogP contribution in [-0.4, -0.2) is 23.9 Å². The van der Waals surface area contributed by atoms with Crippen LogP contribution in [0.5, 0.6) is 0 Å². The first-order valence-electron chi connectivity index (χ1n) is 11.2. The number of nitro benzene ring substituents is 1. The topological polar surface area (TPSA) is 49.6 Å². The van der Waals surface area contributed by atoms with Crippen molar-refractivity contribution in [2.24, 2.45) is 0 Å². The van der Waals surface area contributed by atoms with Crippen LogP contribution in [-0.2, 0) is 5.54 Å². The van der Waals surface area contributed by atoms with E-state index in [4.69, 9.17) is 0 Å². The van der Waals surface area contributed by atoms with Gasteiger partial charge in [-0.15, -0.1) is 0 Å². The van der Waals surface area contributed by atoms with Crippen molar-refractivity contribution in [2.45, 2.75) is 5.54 Å². The van der Waals surface area contributed by atoms with E-state index in [1.807, 2.05) is 12.1 Å². The number of nitro groups is 1. The second-order valence-electron chi connectivity index (χ2n) is 8.43. The Hall–Kier alpha value is -4.38. The van der Waals surface area contributed by atoms with Gasteiger partial charge in [-0.25, -0.2) is 0 Å². The summed E-state index contributed by atoms with van der Waals surface area (Å²) in [5.74, 6) is 0.986. The fourth-order valence-electron chi connectivity index (χ4n) is 5.03. The Morgan fingerprint density at radius 1 is 0.735 bits per heavy atom. The van der Waals surface area contributed by atoms with Crippen molar-refractivity contribution in [3.63, 3.8) is 0 Å². The van der Waals surface area contributed by atoms with Crippen LogP contribution in [0.15, 0.2) is 115 Å². The van der Waals surface area contributed by atoms with E-state index < -0.39 is 5.54 Å². The Morgan fingerprint density at radius 3 is 1.82 bits per heavy atom. The second kappa shape index (κ2) is 8.52. The maximum absolute atomic E-state index is 11.1. The van der Waals surface area contributed by atoms with Crippen LogP contribution in [0.1, 0.15) is 22.3 Å². The molecule has 0 spiro atoms. The first-order valence-corrected chi connectivity index (χ1v) is 11.2. The van der Waals surface area contributed by atoms with Crippen molar-refractivity contribution in [3.05, 3.63) is 147 Å². The largest absolute Gasteiger partial charge is 0.343 e. The van der Waals surface area contributed by atoms with E-state index >= 15 is 0 Å². The smallest absolute Gasteiger partial charge is 0.269 e. The number of para-hydroxylation sites is 1. The lowest BCUT2D eigenvalue weighted by Crippen LogP contribution is -2.52. The van der Waals surface area contributed by atoms with Crippen molar-refractivity contribution in [1.29, 1.82) is 0 Å². The second-order valence-corrected chi connectivity index (χ2v) is 8.43. The fourth-order valence-corrected chi connectivity index (χ4v) is 5.03. The lowest BCUT2D eigenvalue weighted by atomic mass is 9.73. The molecule has 0 fully saturated rings. The monoisotopic (exact) mass is 447 g/mol. The molecule has 5 nitrogen and oxygen atoms in total. The molecule has 5 heteroatoms. The average molecular weight is 448 g/mol. The van der Waals surface area contributed by atoms with Gasteiger partial charge in [-0.05, 0) is 41.0 Å². The van der Waals surface area contributed by atoms with Crippen LogP contribution in [0, 0.1) is 10.1 Å². The Balaban J connectivity index is 1.79. The molecule has 0 saturated heterocycles. The minimum Gasteiger partial charge on any atom is -0.343 e. The normalized spacial score (nSPS) is 15.8. The molecule has 0 aliphatic carbocycles. The molecule has 0 bridgehead atoms. The van der Waals surface area contributed by atoms with Gasteiger partial charge in [0.25, 0.3) is 5.69 Å². The van der Waals surface area contributed by atoms with Crippen LogP contribution in [0.25, 0.3) is 6.08 Å². The number of rotatable bonds is 4. The maximum atomic E-state index is 11.1. The summed E-state index contributed by atoms with van der Waals surface area (Å²) in [6.45, 7) is 0. The molecule has 0 saturated carbocycles. The molecule has 34 heavy (non-hydrogen) atoms. The third-order valence-corrected chi connectivity index (χ3v) is 6.63. The molecule has 0 radical (unpaired) electrons. The van der Waals surface area contributed by atoms with Gasteiger partial charge in [0.05, 0.1) is 4.92 Å². The number of fused-ring (bicyclic) bond motifs is 1. The summed E-state index contributed by atoms with van der Waals surface area (Å²) >= 11 is 0. The van der Waals surface area contributed by atoms with Gasteiger partial charge in [0, 0.05) is 37.5 Å². The minimum absolute atomic E-state index is 0.0840. The lowest BCUT2D eigenvalue weighted by molar-refractivity contribution is -0.384. The van der Waals surface area contributed by atoms with Crippen LogP contribution >= 0.6 is 0 Å². The fraction of sp³-hybridized carbons (Fsp3) is 0.103. The summed E-state index contributed by atoms with van der Waals surface area (Å²) in [4.78, 5) is 15.2. The third-order valence-electron chi connectivity index (χ3n) is 6.63. The number of benzene rings is 4. The summed E-state index contributed by atoms with van der Waals surface area (Å²) in [5.41, 5.74) is 5.06. The standard InChI is InChI=1S/C29H25N3O2/c1-30-27-16-10-9-15-26(27)29(23-11-5-3-6-12-23,24-13-7-4-8-14-24)31(2)28(30)21-22-17-19-25(20-18-22)32(33)34/h3-21H,1-2H3. The van der Waals surface area contributed by atoms with Crippen LogP contribution in [0.4, 0.5) is 11.4 Å². The van der Waals surface area contributed by atoms with Crippen molar-refractivity contribution in [1.82, 2.24) is 4.90 Å². The van der Waals surface area contributed by atoms with Gasteiger partial charge in [0.2, 0.25) is 0 Å². The molecule has 0 atom stereocenters. The molecular formula is C29H25N3O2. The van der Waals surface area contributed by atoms with E-state index in [0.29, 0.717) is 0 Å². The van der Waals surface area contributed by atoms with E-state index in [9.17, 15) is 10.1 Å². The van der Waals surface area contributed by atoms with Gasteiger partial charge in [-0.3, -0.25) is 10.1 Å². The number of hydrogen-bond donors (Lipinski definition) is 0. The highest BCUT2D eigenvalue weighted by Crippen LogP contribution is 2.51. The van der Waals surface area contributed by atoms with E-state index in [-0.39, 0.29) is 10.6 Å². The molecule has 0 amide bonds. The van der Waals surface area contributed by atoms with Crippen molar-refractivity contribution < 1.29 is 4.92 Å². The molecule has 4 aromatic rings. The third kappa shape index (κ3) is 3.33. The summed E-state index contributed by atoms with van der Waals surface area (Å²) in [6, 6.07) is 36.3. The van der Waals surface area contributed by atoms with Crippen molar-refractivity contribution >= 4 is 17.5 Å². The lowest BCUT2D eigenvalue weighted by Gasteiger charge is -2.52. The number of anilines is 1. The zero-order valence-corrected chi connectivity index (χ0v) is 19.1. The average Bonchev–Trinajstić information content (AvgIpc) is 2.88. The van der Waals surface area contributed by atoms with Gasteiger partial charge in [0.1, 0.15) is 11.4 Å². The zero-order chi connectivity index (χ0) is 23.7. The van der Waals surface area contributed by atoms with Gasteiger partial charge >= 0.3 is 0 Å². The number of non-ortho nitro benzene ring substituents is 1. The van der Waals surface area contributed by atoms with Gasteiger partial charge < -0.3 is 9.80 Å². The first-order chi connectivity index (χ1) is 16.5. The van der Waals surface area contributed by atoms with E-state index in [0.717, 1.165) is 17.1 Å². The predicted molar refractivity (Wildman–Crippen MR) is 136 cm³/mol. The van der Waals surface area contributed by atoms with Crippen molar-refractivity contribution in [3.8, 4) is 0 Å². The quantitative estimate of drug-likeness (QED) is 0.273. The highest BCUT2D eigenvalue weighted by Gasteiger charge is 2.47. The van der Waals surface area contributed by atoms with E-state index in [2.05, 4.69) is 103 Å². The number of nitrogens with zero attached hydrogens (tertiary/aromatic N) is 3. The molecule has 0 aromatic heterocycles. The highest BCUT2D eigenvalue weighted by atomic mass is 16.6.